The van der Waals surface area contributed by atoms with E-state index in [9.17, 15) is 14.4 Å². The highest BCUT2D eigenvalue weighted by atomic mass is 35.5. The average molecular weight is 440 g/mol. The monoisotopic (exact) mass is 439 g/mol. The molecule has 0 bridgehead atoms. The van der Waals surface area contributed by atoms with Crippen LogP contribution in [-0.2, 0) is 16.1 Å². The summed E-state index contributed by atoms with van der Waals surface area (Å²) in [7, 11) is 0. The maximum absolute atomic E-state index is 12.2. The summed E-state index contributed by atoms with van der Waals surface area (Å²) in [5.74, 6) is -0.764. The first-order chi connectivity index (χ1) is 13.9. The van der Waals surface area contributed by atoms with Gasteiger partial charge in [0.15, 0.2) is 6.61 Å². The van der Waals surface area contributed by atoms with Gasteiger partial charge in [0.05, 0.1) is 5.69 Å². The van der Waals surface area contributed by atoms with Gasteiger partial charge >= 0.3 is 12.0 Å². The highest BCUT2D eigenvalue weighted by Crippen LogP contribution is 2.22. The van der Waals surface area contributed by atoms with E-state index in [-0.39, 0.29) is 11.5 Å². The first-order valence-corrected chi connectivity index (χ1v) is 10.2. The number of urea groups is 1. The normalized spacial score (nSPS) is 10.3. The number of nitrogens with zero attached hydrogens (tertiary/aromatic N) is 1. The van der Waals surface area contributed by atoms with E-state index in [1.54, 1.807) is 31.2 Å². The van der Waals surface area contributed by atoms with Gasteiger partial charge in [-0.05, 0) is 37.6 Å². The Labute approximate surface area is 177 Å². The number of halogens is 1. The van der Waals surface area contributed by atoms with Gasteiger partial charge in [-0.3, -0.25) is 10.1 Å². The van der Waals surface area contributed by atoms with Crippen molar-refractivity contribution in [2.24, 2.45) is 0 Å². The van der Waals surface area contributed by atoms with E-state index in [1.807, 2.05) is 6.92 Å². The molecule has 0 saturated carbocycles. The molecule has 0 spiro atoms. The molecule has 3 amide bonds. The Bertz CT molecular complexity index is 854. The van der Waals surface area contributed by atoms with Crippen LogP contribution < -0.4 is 15.4 Å². The van der Waals surface area contributed by atoms with Gasteiger partial charge in [0.25, 0.3) is 5.91 Å². The van der Waals surface area contributed by atoms with E-state index in [0.717, 1.165) is 24.2 Å². The number of unbranched alkanes of at least 4 members (excludes halogenated alkanes) is 1. The second kappa shape index (κ2) is 11.4. The summed E-state index contributed by atoms with van der Waals surface area (Å²) < 4.78 is 10.6. The molecular formula is C19H22ClN3O5S. The Morgan fingerprint density at radius 2 is 1.93 bits per heavy atom. The van der Waals surface area contributed by atoms with Crippen molar-refractivity contribution < 1.29 is 23.9 Å². The van der Waals surface area contributed by atoms with E-state index in [4.69, 9.17) is 21.1 Å². The third kappa shape index (κ3) is 7.71. The molecule has 2 rings (SSSR count). The molecule has 156 valence electrons. The number of benzene rings is 1. The summed E-state index contributed by atoms with van der Waals surface area (Å²) in [6, 6.07) is 6.27. The first-order valence-electron chi connectivity index (χ1n) is 8.98. The Hall–Kier alpha value is -2.65. The predicted molar refractivity (Wildman–Crippen MR) is 109 cm³/mol. The van der Waals surface area contributed by atoms with Crippen LogP contribution in [0, 0.1) is 6.92 Å². The number of rotatable bonds is 9. The summed E-state index contributed by atoms with van der Waals surface area (Å²) in [4.78, 5) is 40.0. The summed E-state index contributed by atoms with van der Waals surface area (Å²) in [5.41, 5.74) is 0.479. The molecular weight excluding hydrogens is 418 g/mol. The average Bonchev–Trinajstić information content (AvgIpc) is 3.06. The number of nitrogens with one attached hydrogen (secondary N) is 2. The van der Waals surface area contributed by atoms with Gasteiger partial charge in [0, 0.05) is 11.6 Å². The van der Waals surface area contributed by atoms with Crippen molar-refractivity contribution in [2.45, 2.75) is 33.3 Å². The molecule has 8 nitrogen and oxygen atoms in total. The smallest absolute Gasteiger partial charge is 0.350 e. The molecule has 0 aliphatic heterocycles. The zero-order chi connectivity index (χ0) is 21.2. The van der Waals surface area contributed by atoms with E-state index in [0.29, 0.717) is 28.0 Å². The van der Waals surface area contributed by atoms with Crippen LogP contribution in [0.25, 0.3) is 0 Å². The number of carbonyl (C=O) groups is 3. The third-order valence-corrected chi connectivity index (χ3v) is 4.97. The van der Waals surface area contributed by atoms with E-state index in [1.165, 1.54) is 0 Å². The van der Waals surface area contributed by atoms with Crippen molar-refractivity contribution in [3.05, 3.63) is 44.9 Å². The number of esters is 1. The number of hydrogen-bond donors (Lipinski definition) is 2. The lowest BCUT2D eigenvalue weighted by Crippen LogP contribution is -2.41. The maximum atomic E-state index is 12.2. The topological polar surface area (TPSA) is 107 Å². The molecule has 2 N–H and O–H groups in total. The maximum Gasteiger partial charge on any atom is 0.350 e. The molecule has 1 heterocycles. The van der Waals surface area contributed by atoms with Gasteiger partial charge in [0.1, 0.15) is 22.2 Å². The highest BCUT2D eigenvalue weighted by Gasteiger charge is 2.19. The number of carbonyl (C=O) groups excluding carboxylic acids is 3. The number of thiazole rings is 1. The molecule has 0 radical (unpaired) electrons. The molecule has 1 aromatic heterocycles. The fourth-order valence-corrected chi connectivity index (χ4v) is 3.16. The van der Waals surface area contributed by atoms with Crippen molar-refractivity contribution in [3.8, 4) is 5.75 Å². The Morgan fingerprint density at radius 3 is 2.62 bits per heavy atom. The molecule has 2 aromatic rings. The molecule has 0 saturated heterocycles. The number of amides is 3. The van der Waals surface area contributed by atoms with Crippen LogP contribution in [0.1, 0.15) is 40.1 Å². The second-order valence-corrected chi connectivity index (χ2v) is 7.52. The summed E-state index contributed by atoms with van der Waals surface area (Å²) in [5, 5.41) is 5.83. The molecule has 10 heteroatoms. The quantitative estimate of drug-likeness (QED) is 0.457. The van der Waals surface area contributed by atoms with Crippen molar-refractivity contribution in [1.82, 2.24) is 15.6 Å². The van der Waals surface area contributed by atoms with Gasteiger partial charge in [-0.2, -0.15) is 0 Å². The van der Waals surface area contributed by atoms with Crippen molar-refractivity contribution >= 4 is 40.8 Å². The second-order valence-electron chi connectivity index (χ2n) is 6.00. The van der Waals surface area contributed by atoms with Crippen molar-refractivity contribution in [1.29, 1.82) is 0 Å². The Kier molecular flexibility index (Phi) is 8.88. The Balaban J connectivity index is 1.80. The van der Waals surface area contributed by atoms with Gasteiger partial charge in [-0.25, -0.2) is 14.6 Å². The molecule has 0 aliphatic carbocycles. The molecule has 29 heavy (non-hydrogen) atoms. The van der Waals surface area contributed by atoms with E-state index < -0.39 is 24.5 Å². The van der Waals surface area contributed by atoms with Crippen LogP contribution in [0.4, 0.5) is 4.79 Å². The minimum absolute atomic E-state index is 0.179. The largest absolute Gasteiger partial charge is 0.486 e. The molecule has 0 fully saturated rings. The Morgan fingerprint density at radius 1 is 1.21 bits per heavy atom. The minimum Gasteiger partial charge on any atom is -0.486 e. The van der Waals surface area contributed by atoms with Gasteiger partial charge < -0.3 is 14.8 Å². The van der Waals surface area contributed by atoms with Crippen LogP contribution in [0.5, 0.6) is 5.75 Å². The molecule has 0 aliphatic rings. The first kappa shape index (κ1) is 22.6. The van der Waals surface area contributed by atoms with E-state index >= 15 is 0 Å². The van der Waals surface area contributed by atoms with Crippen LogP contribution in [0.3, 0.4) is 0 Å². The summed E-state index contributed by atoms with van der Waals surface area (Å²) >= 11 is 6.95. The SMILES string of the molecule is CCCCNC(=O)NC(=O)COC(=O)c1sc(COc2ccc(Cl)cc2)nc1C. The lowest BCUT2D eigenvalue weighted by molar-refractivity contribution is -0.123. The minimum atomic E-state index is -0.708. The summed E-state index contributed by atoms with van der Waals surface area (Å²) in [6.45, 7) is 3.74. The van der Waals surface area contributed by atoms with Gasteiger partial charge in [0.2, 0.25) is 0 Å². The number of aromatic nitrogens is 1. The van der Waals surface area contributed by atoms with Crippen LogP contribution in [0.15, 0.2) is 24.3 Å². The number of hydrogen-bond acceptors (Lipinski definition) is 7. The van der Waals surface area contributed by atoms with Crippen LogP contribution in [0.2, 0.25) is 5.02 Å². The van der Waals surface area contributed by atoms with Crippen molar-refractivity contribution in [2.75, 3.05) is 13.2 Å². The van der Waals surface area contributed by atoms with Crippen LogP contribution >= 0.6 is 22.9 Å². The fourth-order valence-electron chi connectivity index (χ4n) is 2.16. The van der Waals surface area contributed by atoms with Gasteiger partial charge in [-0.1, -0.05) is 24.9 Å². The standard InChI is InChI=1S/C19H22ClN3O5S/c1-3-4-9-21-19(26)23-15(24)10-28-18(25)17-12(2)22-16(29-17)11-27-14-7-5-13(20)6-8-14/h5-8H,3-4,9-11H2,1-2H3,(H2,21,23,24,26). The molecule has 0 unspecified atom stereocenters. The van der Waals surface area contributed by atoms with Crippen molar-refractivity contribution in [3.63, 3.8) is 0 Å². The fraction of sp³-hybridized carbons (Fsp3) is 0.368. The van der Waals surface area contributed by atoms with E-state index in [2.05, 4.69) is 15.6 Å². The number of imide groups is 1. The predicted octanol–water partition coefficient (Wildman–Crippen LogP) is 3.47. The molecule has 0 atom stereocenters. The molecule has 1 aromatic carbocycles. The number of ether oxygens (including phenoxy) is 2. The zero-order valence-electron chi connectivity index (χ0n) is 16.1. The summed E-state index contributed by atoms with van der Waals surface area (Å²) in [6.07, 6.45) is 1.73. The van der Waals surface area contributed by atoms with Gasteiger partial charge in [-0.15, -0.1) is 11.3 Å². The highest BCUT2D eigenvalue weighted by molar-refractivity contribution is 7.13. The third-order valence-electron chi connectivity index (χ3n) is 3.61. The lowest BCUT2D eigenvalue weighted by Gasteiger charge is -2.06. The van der Waals surface area contributed by atoms with Crippen LogP contribution in [-0.4, -0.2) is 36.0 Å². The number of aryl methyl sites for hydroxylation is 1. The zero-order valence-corrected chi connectivity index (χ0v) is 17.7. The lowest BCUT2D eigenvalue weighted by atomic mass is 10.3.